The van der Waals surface area contributed by atoms with Gasteiger partial charge in [0.05, 0.1) is 16.1 Å². The molecule has 0 saturated heterocycles. The minimum atomic E-state index is -3.78. The Hall–Kier alpha value is -2.62. The first-order valence-corrected chi connectivity index (χ1v) is 12.3. The number of hydrogen-bond acceptors (Lipinski definition) is 4. The molecule has 1 amide bonds. The molecule has 0 aliphatic carbocycles. The van der Waals surface area contributed by atoms with E-state index >= 15 is 0 Å². The predicted octanol–water partition coefficient (Wildman–Crippen LogP) is 4.86. The van der Waals surface area contributed by atoms with E-state index in [1.807, 2.05) is 6.08 Å². The normalized spacial score (nSPS) is 14.3. The maximum Gasteiger partial charge on any atom is 0.337 e. The summed E-state index contributed by atoms with van der Waals surface area (Å²) in [5.74, 6) is -1.39. The zero-order chi connectivity index (χ0) is 23.5. The van der Waals surface area contributed by atoms with Crippen molar-refractivity contribution in [3.63, 3.8) is 0 Å². The predicted molar refractivity (Wildman–Crippen MR) is 127 cm³/mol. The summed E-state index contributed by atoms with van der Waals surface area (Å²) >= 11 is 8.87. The Morgan fingerprint density at radius 2 is 1.91 bits per heavy atom. The molecular formula is C22H20BrClN2O5S. The number of carbonyl (C=O) groups excluding carboxylic acids is 1. The number of carboxylic acids is 1. The number of hydrogen-bond donors (Lipinski definition) is 2. The van der Waals surface area contributed by atoms with Gasteiger partial charge < -0.3 is 10.4 Å². The molecule has 3 rings (SSSR count). The number of anilines is 1. The number of rotatable bonds is 7. The maximum atomic E-state index is 13.1. The summed E-state index contributed by atoms with van der Waals surface area (Å²) in [5.41, 5.74) is 1.82. The number of benzene rings is 2. The fourth-order valence-electron chi connectivity index (χ4n) is 3.32. The summed E-state index contributed by atoms with van der Waals surface area (Å²) in [6, 6.07) is 9.99. The largest absolute Gasteiger partial charge is 0.478 e. The fraction of sp³-hybridized carbons (Fsp3) is 0.182. The molecule has 0 atom stereocenters. The van der Waals surface area contributed by atoms with E-state index in [4.69, 9.17) is 11.6 Å². The molecule has 0 spiro atoms. The van der Waals surface area contributed by atoms with E-state index in [2.05, 4.69) is 21.2 Å². The Morgan fingerprint density at radius 1 is 1.22 bits per heavy atom. The van der Waals surface area contributed by atoms with Gasteiger partial charge in [-0.25, -0.2) is 13.2 Å². The van der Waals surface area contributed by atoms with Crippen LogP contribution in [0.4, 0.5) is 5.69 Å². The van der Waals surface area contributed by atoms with E-state index in [9.17, 15) is 23.1 Å². The standard InChI is InChI=1S/C22H20BrClN2O5S/c1-14-15(3-2-11-24)10-12-26(14)32(30,31)18-7-4-16(5-8-18)21(27)25-20-9-6-17(23)13-19(20)22(28)29/h2-9,13H,10-12H2,1H3,(H,25,27)(H,28,29)/b3-2-. The third-order valence-electron chi connectivity index (χ3n) is 5.00. The molecule has 168 valence electrons. The van der Waals surface area contributed by atoms with Crippen molar-refractivity contribution in [2.45, 2.75) is 18.2 Å². The second-order valence-corrected chi connectivity index (χ2v) is 10.1. The van der Waals surface area contributed by atoms with Crippen molar-refractivity contribution in [3.05, 3.63) is 81.5 Å². The minimum absolute atomic E-state index is 0.0610. The first-order valence-electron chi connectivity index (χ1n) is 9.54. The molecule has 1 aliphatic rings. The summed E-state index contributed by atoms with van der Waals surface area (Å²) in [6.45, 7) is 2.08. The third-order valence-corrected chi connectivity index (χ3v) is 7.57. The number of sulfonamides is 1. The van der Waals surface area contributed by atoms with Crippen molar-refractivity contribution in [2.75, 3.05) is 17.7 Å². The van der Waals surface area contributed by atoms with Crippen LogP contribution in [0.25, 0.3) is 0 Å². The number of nitrogens with one attached hydrogen (secondary N) is 1. The number of alkyl halides is 1. The number of halogens is 2. The van der Waals surface area contributed by atoms with Gasteiger partial charge in [-0.2, -0.15) is 0 Å². The van der Waals surface area contributed by atoms with Crippen molar-refractivity contribution in [1.29, 1.82) is 0 Å². The topological polar surface area (TPSA) is 104 Å². The molecule has 2 N–H and O–H groups in total. The Morgan fingerprint density at radius 3 is 2.53 bits per heavy atom. The number of aromatic carboxylic acids is 1. The van der Waals surface area contributed by atoms with Crippen LogP contribution >= 0.6 is 27.5 Å². The van der Waals surface area contributed by atoms with Gasteiger partial charge in [-0.1, -0.05) is 28.1 Å². The van der Waals surface area contributed by atoms with Crippen molar-refractivity contribution < 1.29 is 23.1 Å². The maximum absolute atomic E-state index is 13.1. The molecule has 0 unspecified atom stereocenters. The van der Waals surface area contributed by atoms with Crippen LogP contribution in [0.1, 0.15) is 34.1 Å². The smallest absolute Gasteiger partial charge is 0.337 e. The highest BCUT2D eigenvalue weighted by Gasteiger charge is 2.30. The first kappa shape index (κ1) is 24.0. The SMILES string of the molecule is CC1=C(/C=C\CCl)CCN1S(=O)(=O)c1ccc(C(=O)Nc2ccc(Br)cc2C(=O)O)cc1. The van der Waals surface area contributed by atoms with Crippen LogP contribution in [0, 0.1) is 0 Å². The molecule has 7 nitrogen and oxygen atoms in total. The summed E-state index contributed by atoms with van der Waals surface area (Å²) < 4.78 is 28.0. The average molecular weight is 540 g/mol. The first-order chi connectivity index (χ1) is 15.1. The average Bonchev–Trinajstić information content (AvgIpc) is 3.14. The van der Waals surface area contributed by atoms with Gasteiger partial charge in [0.15, 0.2) is 0 Å². The second-order valence-electron chi connectivity index (χ2n) is 6.97. The highest BCUT2D eigenvalue weighted by Crippen LogP contribution is 2.30. The van der Waals surface area contributed by atoms with E-state index < -0.39 is 21.9 Å². The molecule has 1 aliphatic heterocycles. The monoisotopic (exact) mass is 538 g/mol. The molecule has 1 heterocycles. The zero-order valence-corrected chi connectivity index (χ0v) is 20.2. The molecule has 0 fully saturated rings. The van der Waals surface area contributed by atoms with Crippen LogP contribution in [-0.2, 0) is 10.0 Å². The van der Waals surface area contributed by atoms with E-state index in [-0.39, 0.29) is 21.7 Å². The highest BCUT2D eigenvalue weighted by atomic mass is 79.9. The number of allylic oxidation sites excluding steroid dienone is 3. The Balaban J connectivity index is 1.81. The van der Waals surface area contributed by atoms with Crippen molar-refractivity contribution >= 4 is 55.1 Å². The number of nitrogens with zero attached hydrogens (tertiary/aromatic N) is 1. The molecule has 0 bridgehead atoms. The summed E-state index contributed by atoms with van der Waals surface area (Å²) in [7, 11) is -3.78. The van der Waals surface area contributed by atoms with Crippen LogP contribution in [0.3, 0.4) is 0 Å². The zero-order valence-electron chi connectivity index (χ0n) is 17.0. The lowest BCUT2D eigenvalue weighted by molar-refractivity contribution is 0.0698. The van der Waals surface area contributed by atoms with Gasteiger partial charge in [0.2, 0.25) is 0 Å². The van der Waals surface area contributed by atoms with Crippen molar-refractivity contribution in [2.24, 2.45) is 0 Å². The van der Waals surface area contributed by atoms with Crippen molar-refractivity contribution in [1.82, 2.24) is 4.31 Å². The van der Waals surface area contributed by atoms with E-state index in [0.29, 0.717) is 29.0 Å². The number of carboxylic acid groups (broad SMARTS) is 1. The van der Waals surface area contributed by atoms with Crippen LogP contribution in [0.5, 0.6) is 0 Å². The Kier molecular flexibility index (Phi) is 7.43. The van der Waals surface area contributed by atoms with Gasteiger partial charge in [-0.15, -0.1) is 11.6 Å². The molecule has 0 radical (unpaired) electrons. The Bertz CT molecular complexity index is 1220. The molecular weight excluding hydrogens is 520 g/mol. The summed E-state index contributed by atoms with van der Waals surface area (Å²) in [6.07, 6.45) is 4.20. The van der Waals surface area contributed by atoms with Crippen LogP contribution in [-0.4, -0.2) is 42.1 Å². The molecule has 32 heavy (non-hydrogen) atoms. The minimum Gasteiger partial charge on any atom is -0.478 e. The van der Waals surface area contributed by atoms with Crippen LogP contribution in [0.2, 0.25) is 0 Å². The third kappa shape index (κ3) is 5.06. The van der Waals surface area contributed by atoms with Crippen LogP contribution in [0.15, 0.2) is 75.3 Å². The lowest BCUT2D eigenvalue weighted by Crippen LogP contribution is -2.27. The summed E-state index contributed by atoms with van der Waals surface area (Å²) in [4.78, 5) is 24.1. The van der Waals surface area contributed by atoms with Crippen LogP contribution < -0.4 is 5.32 Å². The van der Waals surface area contributed by atoms with E-state index in [1.165, 1.54) is 40.7 Å². The lowest BCUT2D eigenvalue weighted by atomic mass is 10.1. The molecule has 0 saturated carbocycles. The van der Waals surface area contributed by atoms with E-state index in [0.717, 1.165) is 5.57 Å². The van der Waals surface area contributed by atoms with Crippen molar-refractivity contribution in [3.8, 4) is 0 Å². The molecule has 0 aromatic heterocycles. The molecule has 2 aromatic rings. The van der Waals surface area contributed by atoms with Gasteiger partial charge >= 0.3 is 5.97 Å². The summed E-state index contributed by atoms with van der Waals surface area (Å²) in [5, 5.41) is 11.9. The number of amides is 1. The quantitative estimate of drug-likeness (QED) is 0.489. The van der Waals surface area contributed by atoms with Gasteiger partial charge in [-0.3, -0.25) is 9.10 Å². The Labute approximate surface area is 199 Å². The van der Waals surface area contributed by atoms with Gasteiger partial charge in [0, 0.05) is 28.2 Å². The molecule has 10 heteroatoms. The van der Waals surface area contributed by atoms with E-state index in [1.54, 1.807) is 19.1 Å². The van der Waals surface area contributed by atoms with Gasteiger partial charge in [0.1, 0.15) is 0 Å². The lowest BCUT2D eigenvalue weighted by Gasteiger charge is -2.20. The molecule has 2 aromatic carbocycles. The second kappa shape index (κ2) is 9.89. The van der Waals surface area contributed by atoms with Gasteiger partial charge in [0.25, 0.3) is 15.9 Å². The van der Waals surface area contributed by atoms with Gasteiger partial charge in [-0.05, 0) is 61.4 Å². The fourth-order valence-corrected chi connectivity index (χ4v) is 5.32. The highest BCUT2D eigenvalue weighted by molar-refractivity contribution is 9.10. The number of carbonyl (C=O) groups is 2.